The van der Waals surface area contributed by atoms with Crippen molar-refractivity contribution in [1.29, 1.82) is 0 Å². The topological polar surface area (TPSA) is 44.8 Å². The second kappa shape index (κ2) is 12.3. The van der Waals surface area contributed by atoms with Crippen LogP contribution in [0.2, 0.25) is 0 Å². The first-order valence-electron chi connectivity index (χ1n) is 13.3. The lowest BCUT2D eigenvalue weighted by Gasteiger charge is -2.17. The number of carbonyl (C=O) groups excluding carboxylic acids is 1. The van der Waals surface area contributed by atoms with Gasteiger partial charge in [-0.15, -0.1) is 0 Å². The van der Waals surface area contributed by atoms with Gasteiger partial charge in [0.1, 0.15) is 6.10 Å². The smallest absolute Gasteiger partial charge is 0.335 e. The van der Waals surface area contributed by atoms with E-state index in [1.165, 1.54) is 38.9 Å². The van der Waals surface area contributed by atoms with Gasteiger partial charge in [-0.3, -0.25) is 0 Å². The molecule has 0 N–H and O–H groups in total. The molecule has 0 aromatic heterocycles. The average molecular weight is 487 g/mol. The van der Waals surface area contributed by atoms with E-state index in [2.05, 4.69) is 74.5 Å². The lowest BCUT2D eigenvalue weighted by atomic mass is 10.0. The molecule has 4 nitrogen and oxygen atoms in total. The molecule has 0 fully saturated rings. The van der Waals surface area contributed by atoms with Crippen molar-refractivity contribution in [1.82, 2.24) is 0 Å². The van der Waals surface area contributed by atoms with E-state index in [4.69, 9.17) is 14.2 Å². The van der Waals surface area contributed by atoms with Crippen LogP contribution in [0.4, 0.5) is 0 Å². The van der Waals surface area contributed by atoms with Crippen molar-refractivity contribution in [2.45, 2.75) is 65.6 Å². The molecule has 4 rings (SSSR count). The summed E-state index contributed by atoms with van der Waals surface area (Å²) >= 11 is 0. The number of rotatable bonds is 12. The summed E-state index contributed by atoms with van der Waals surface area (Å²) < 4.78 is 17.3. The zero-order valence-electron chi connectivity index (χ0n) is 22.0. The van der Waals surface area contributed by atoms with Crippen LogP contribution >= 0.6 is 0 Å². The van der Waals surface area contributed by atoms with E-state index >= 15 is 0 Å². The van der Waals surface area contributed by atoms with E-state index in [1.54, 1.807) is 0 Å². The van der Waals surface area contributed by atoms with Crippen molar-refractivity contribution in [2.24, 2.45) is 0 Å². The number of aryl methyl sites for hydroxylation is 2. The number of hydrogen-bond acceptors (Lipinski definition) is 4. The molecule has 2 unspecified atom stereocenters. The maximum Gasteiger partial charge on any atom is 0.335 e. The highest BCUT2D eigenvalue weighted by Crippen LogP contribution is 2.46. The Labute approximate surface area is 215 Å². The lowest BCUT2D eigenvalue weighted by molar-refractivity contribution is -0.156. The molecule has 0 saturated carbocycles. The summed E-state index contributed by atoms with van der Waals surface area (Å²) in [6.07, 6.45) is 2.80. The predicted octanol–water partition coefficient (Wildman–Crippen LogP) is 6.65. The minimum Gasteiger partial charge on any atom is -0.464 e. The molecule has 2 atom stereocenters. The molecule has 0 spiro atoms. The number of ether oxygens (including phenoxy) is 3. The number of hydrogen-bond donors (Lipinski definition) is 0. The van der Waals surface area contributed by atoms with Crippen LogP contribution < -0.4 is 0 Å². The van der Waals surface area contributed by atoms with Crippen LogP contribution in [0.25, 0.3) is 11.1 Å². The van der Waals surface area contributed by atoms with Crippen LogP contribution in [0.5, 0.6) is 0 Å². The quantitative estimate of drug-likeness (QED) is 0.269. The van der Waals surface area contributed by atoms with Gasteiger partial charge in [0.2, 0.25) is 0 Å². The minimum absolute atomic E-state index is 0.0248. The van der Waals surface area contributed by atoms with Gasteiger partial charge in [0.15, 0.2) is 6.10 Å². The Balaban J connectivity index is 1.42. The first-order valence-corrected chi connectivity index (χ1v) is 13.3. The van der Waals surface area contributed by atoms with Gasteiger partial charge in [0.05, 0.1) is 13.2 Å². The summed E-state index contributed by atoms with van der Waals surface area (Å²) in [4.78, 5) is 12.2. The maximum absolute atomic E-state index is 12.2. The molecule has 3 aromatic carbocycles. The van der Waals surface area contributed by atoms with Crippen LogP contribution in [0.3, 0.4) is 0 Å². The zero-order chi connectivity index (χ0) is 25.5. The third-order valence-electron chi connectivity index (χ3n) is 6.94. The van der Waals surface area contributed by atoms with E-state index in [0.717, 1.165) is 24.8 Å². The van der Waals surface area contributed by atoms with E-state index < -0.39 is 6.10 Å². The molecule has 0 saturated heterocycles. The zero-order valence-corrected chi connectivity index (χ0v) is 22.0. The van der Waals surface area contributed by atoms with Gasteiger partial charge in [0, 0.05) is 13.0 Å². The molecule has 0 heterocycles. The fourth-order valence-electron chi connectivity index (χ4n) is 4.92. The molecule has 36 heavy (non-hydrogen) atoms. The Kier molecular flexibility index (Phi) is 8.95. The predicted molar refractivity (Wildman–Crippen MR) is 144 cm³/mol. The average Bonchev–Trinajstić information content (AvgIpc) is 3.21. The van der Waals surface area contributed by atoms with Crippen molar-refractivity contribution in [2.75, 3.05) is 19.8 Å². The molecule has 0 amide bonds. The maximum atomic E-state index is 12.2. The normalized spacial score (nSPS) is 14.8. The molecule has 0 radical (unpaired) electrons. The number of carbonyl (C=O) groups is 1. The highest BCUT2D eigenvalue weighted by Gasteiger charge is 2.29. The van der Waals surface area contributed by atoms with Crippen LogP contribution in [0, 0.1) is 0 Å². The van der Waals surface area contributed by atoms with Crippen LogP contribution in [0.15, 0.2) is 60.7 Å². The number of esters is 1. The Morgan fingerprint density at radius 2 is 1.42 bits per heavy atom. The first kappa shape index (κ1) is 26.1. The molecule has 0 aliphatic heterocycles. The van der Waals surface area contributed by atoms with E-state index in [-0.39, 0.29) is 12.1 Å². The molecule has 3 aromatic rings. The monoisotopic (exact) mass is 486 g/mol. The summed E-state index contributed by atoms with van der Waals surface area (Å²) in [6.45, 7) is 9.57. The van der Waals surface area contributed by atoms with Gasteiger partial charge in [-0.2, -0.15) is 0 Å². The summed E-state index contributed by atoms with van der Waals surface area (Å²) in [5.41, 5.74) is 10.1. The number of benzene rings is 3. The fraction of sp³-hybridized carbons (Fsp3) is 0.406. The van der Waals surface area contributed by atoms with Crippen molar-refractivity contribution in [3.8, 4) is 11.1 Å². The number of fused-ring (bicyclic) bond motifs is 3. The van der Waals surface area contributed by atoms with Crippen LogP contribution in [-0.2, 0) is 44.7 Å². The highest BCUT2D eigenvalue weighted by atomic mass is 16.6. The van der Waals surface area contributed by atoms with Crippen molar-refractivity contribution >= 4 is 5.97 Å². The summed E-state index contributed by atoms with van der Waals surface area (Å²) in [7, 11) is 0. The Hall–Kier alpha value is -2.95. The van der Waals surface area contributed by atoms with Gasteiger partial charge >= 0.3 is 5.97 Å². The lowest BCUT2D eigenvalue weighted by Crippen LogP contribution is -2.29. The summed E-state index contributed by atoms with van der Waals surface area (Å²) in [6, 6.07) is 22.0. The largest absolute Gasteiger partial charge is 0.464 e. The Morgan fingerprint density at radius 3 is 2.11 bits per heavy atom. The van der Waals surface area contributed by atoms with Crippen LogP contribution in [-0.4, -0.2) is 31.9 Å². The minimum atomic E-state index is -0.562. The van der Waals surface area contributed by atoms with Gasteiger partial charge in [-0.25, -0.2) is 4.79 Å². The molecule has 190 valence electrons. The summed E-state index contributed by atoms with van der Waals surface area (Å²) in [5, 5.41) is 0. The van der Waals surface area contributed by atoms with Crippen LogP contribution in [0.1, 0.15) is 67.2 Å². The Bertz CT molecular complexity index is 1170. The molecule has 0 bridgehead atoms. The Morgan fingerprint density at radius 1 is 0.750 bits per heavy atom. The van der Waals surface area contributed by atoms with Crippen molar-refractivity contribution in [3.05, 3.63) is 94.0 Å². The van der Waals surface area contributed by atoms with Crippen molar-refractivity contribution < 1.29 is 19.0 Å². The van der Waals surface area contributed by atoms with E-state index in [1.807, 2.05) is 13.8 Å². The van der Waals surface area contributed by atoms with Gasteiger partial charge in [0.25, 0.3) is 0 Å². The molecule has 1 aliphatic carbocycles. The standard InChI is InChI=1S/C32H38O4/c1-5-22-14-16-27-28(19-22)26-15-13-23(6-2)20-29(26)31(27)36-18-17-24-9-11-25(12-10-24)21-30(34-7-3)32(33)35-8-4/h9-16,19-20,30-31H,5-8,17-18,21H2,1-4H3. The van der Waals surface area contributed by atoms with E-state index in [0.29, 0.717) is 26.2 Å². The second-order valence-corrected chi connectivity index (χ2v) is 9.27. The molecule has 4 heteroatoms. The molecule has 1 aliphatic rings. The van der Waals surface area contributed by atoms with Gasteiger partial charge in [-0.1, -0.05) is 74.5 Å². The second-order valence-electron chi connectivity index (χ2n) is 9.27. The SMILES string of the molecule is CCOC(=O)C(Cc1ccc(CCOC2c3ccc(CC)cc3-c3ccc(CC)cc32)cc1)OCC. The molecular formula is C32H38O4. The summed E-state index contributed by atoms with van der Waals surface area (Å²) in [5.74, 6) is -0.300. The first-order chi connectivity index (χ1) is 17.6. The van der Waals surface area contributed by atoms with E-state index in [9.17, 15) is 4.79 Å². The van der Waals surface area contributed by atoms with Gasteiger partial charge in [-0.05, 0) is 77.6 Å². The van der Waals surface area contributed by atoms with Gasteiger partial charge < -0.3 is 14.2 Å². The third-order valence-corrected chi connectivity index (χ3v) is 6.94. The fourth-order valence-corrected chi connectivity index (χ4v) is 4.92. The highest BCUT2D eigenvalue weighted by molar-refractivity contribution is 5.79. The third kappa shape index (κ3) is 5.88. The van der Waals surface area contributed by atoms with Crippen molar-refractivity contribution in [3.63, 3.8) is 0 Å². The molecular weight excluding hydrogens is 448 g/mol.